The minimum atomic E-state index is -0.386. The lowest BCUT2D eigenvalue weighted by atomic mass is 9.88. The molecule has 4 nitrogen and oxygen atoms in total. The van der Waals surface area contributed by atoms with Crippen molar-refractivity contribution in [2.75, 3.05) is 6.54 Å². The second kappa shape index (κ2) is 6.13. The van der Waals surface area contributed by atoms with Gasteiger partial charge in [-0.2, -0.15) is 0 Å². The molecule has 120 valence electrons. The first-order valence-electron chi connectivity index (χ1n) is 7.76. The number of carbonyl (C=O) groups is 1. The Balaban J connectivity index is 2.21. The molecule has 0 saturated carbocycles. The quantitative estimate of drug-likeness (QED) is 0.892. The zero-order valence-electron chi connectivity index (χ0n) is 14.1. The second-order valence-electron chi connectivity index (χ2n) is 6.65. The third-order valence-corrected chi connectivity index (χ3v) is 4.82. The summed E-state index contributed by atoms with van der Waals surface area (Å²) in [6.07, 6.45) is 1.99. The molecule has 3 N–H and O–H groups in total. The van der Waals surface area contributed by atoms with Crippen LogP contribution in [0, 0.1) is 19.8 Å². The van der Waals surface area contributed by atoms with Gasteiger partial charge in [0.25, 0.3) is 0 Å². The van der Waals surface area contributed by atoms with Gasteiger partial charge >= 0.3 is 0 Å². The van der Waals surface area contributed by atoms with Crippen LogP contribution in [0.5, 0.6) is 0 Å². The molecule has 1 aromatic carbocycles. The van der Waals surface area contributed by atoms with Crippen LogP contribution in [0.25, 0.3) is 11.0 Å². The number of furan rings is 1. The van der Waals surface area contributed by atoms with Crippen molar-refractivity contribution in [3.8, 4) is 0 Å². The molecule has 1 aromatic heterocycles. The SMILES string of the molecule is Cc1ccc2c(CC(=O)NC(C)(CN)C(C)C)coc2c1C. The average molecular weight is 302 g/mol. The van der Waals surface area contributed by atoms with Crippen molar-refractivity contribution >= 4 is 16.9 Å². The predicted octanol–water partition coefficient (Wildman–Crippen LogP) is 3.08. The zero-order valence-corrected chi connectivity index (χ0v) is 14.1. The molecule has 0 radical (unpaired) electrons. The van der Waals surface area contributed by atoms with Crippen LogP contribution >= 0.6 is 0 Å². The number of rotatable bonds is 5. The van der Waals surface area contributed by atoms with Gasteiger partial charge in [-0.25, -0.2) is 0 Å². The largest absolute Gasteiger partial charge is 0.464 e. The van der Waals surface area contributed by atoms with Gasteiger partial charge in [-0.3, -0.25) is 4.79 Å². The maximum Gasteiger partial charge on any atom is 0.225 e. The van der Waals surface area contributed by atoms with Gasteiger partial charge in [-0.1, -0.05) is 26.0 Å². The maximum atomic E-state index is 12.4. The highest BCUT2D eigenvalue weighted by atomic mass is 16.3. The van der Waals surface area contributed by atoms with Gasteiger partial charge in [-0.05, 0) is 37.8 Å². The summed E-state index contributed by atoms with van der Waals surface area (Å²) in [7, 11) is 0. The van der Waals surface area contributed by atoms with E-state index in [-0.39, 0.29) is 17.4 Å². The lowest BCUT2D eigenvalue weighted by molar-refractivity contribution is -0.122. The van der Waals surface area contributed by atoms with Crippen LogP contribution in [0.3, 0.4) is 0 Å². The molecule has 1 unspecified atom stereocenters. The van der Waals surface area contributed by atoms with Crippen LogP contribution in [0.4, 0.5) is 0 Å². The van der Waals surface area contributed by atoms with Crippen LogP contribution in [-0.2, 0) is 11.2 Å². The molecule has 22 heavy (non-hydrogen) atoms. The first kappa shape index (κ1) is 16.6. The number of hydrogen-bond donors (Lipinski definition) is 2. The fraction of sp³-hybridized carbons (Fsp3) is 0.500. The molecule has 0 fully saturated rings. The van der Waals surface area contributed by atoms with Crippen molar-refractivity contribution in [1.82, 2.24) is 5.32 Å². The fourth-order valence-corrected chi connectivity index (χ4v) is 2.49. The highest BCUT2D eigenvalue weighted by molar-refractivity contribution is 5.89. The minimum absolute atomic E-state index is 0.0254. The third-order valence-electron chi connectivity index (χ3n) is 4.82. The number of amides is 1. The molecule has 1 amide bonds. The molecule has 1 atom stereocenters. The molecule has 0 spiro atoms. The van der Waals surface area contributed by atoms with E-state index in [1.54, 1.807) is 6.26 Å². The molecule has 1 heterocycles. The third kappa shape index (κ3) is 3.02. The number of nitrogens with two attached hydrogens (primary N) is 1. The van der Waals surface area contributed by atoms with E-state index < -0.39 is 0 Å². The normalized spacial score (nSPS) is 14.3. The molecule has 0 aliphatic carbocycles. The van der Waals surface area contributed by atoms with Gasteiger partial charge in [0, 0.05) is 17.5 Å². The van der Waals surface area contributed by atoms with Crippen LogP contribution in [-0.4, -0.2) is 18.0 Å². The number of benzene rings is 1. The summed E-state index contributed by atoms with van der Waals surface area (Å²) < 4.78 is 5.66. The summed E-state index contributed by atoms with van der Waals surface area (Å²) >= 11 is 0. The minimum Gasteiger partial charge on any atom is -0.464 e. The standard InChI is InChI=1S/C18H26N2O2/c1-11(2)18(5,10-19)20-16(21)8-14-9-22-17-13(4)12(3)6-7-15(14)17/h6-7,9,11H,8,10,19H2,1-5H3,(H,20,21). The van der Waals surface area contributed by atoms with Gasteiger partial charge in [0.05, 0.1) is 18.2 Å². The summed E-state index contributed by atoms with van der Waals surface area (Å²) in [5.74, 6) is 0.245. The summed E-state index contributed by atoms with van der Waals surface area (Å²) in [4.78, 5) is 12.4. The second-order valence-corrected chi connectivity index (χ2v) is 6.65. The Morgan fingerprint density at radius 1 is 1.36 bits per heavy atom. The number of carbonyl (C=O) groups excluding carboxylic acids is 1. The van der Waals surface area contributed by atoms with Crippen molar-refractivity contribution in [3.05, 3.63) is 35.1 Å². The summed E-state index contributed by atoms with van der Waals surface area (Å²) in [5, 5.41) is 4.08. The molecule has 0 aliphatic heterocycles. The van der Waals surface area contributed by atoms with Crippen molar-refractivity contribution in [3.63, 3.8) is 0 Å². The number of nitrogens with one attached hydrogen (secondary N) is 1. The van der Waals surface area contributed by atoms with Gasteiger partial charge in [0.1, 0.15) is 5.58 Å². The topological polar surface area (TPSA) is 68.3 Å². The Bertz CT molecular complexity index is 688. The Hall–Kier alpha value is -1.81. The molecule has 2 rings (SSSR count). The average Bonchev–Trinajstić information content (AvgIpc) is 2.86. The summed E-state index contributed by atoms with van der Waals surface area (Å²) in [5.41, 5.74) is 9.53. The Morgan fingerprint density at radius 3 is 2.64 bits per heavy atom. The first-order chi connectivity index (χ1) is 10.3. The molecule has 4 heteroatoms. The maximum absolute atomic E-state index is 12.4. The Kier molecular flexibility index (Phi) is 4.61. The molecule has 0 saturated heterocycles. The van der Waals surface area contributed by atoms with E-state index in [4.69, 9.17) is 10.2 Å². The zero-order chi connectivity index (χ0) is 16.5. The first-order valence-corrected chi connectivity index (χ1v) is 7.76. The van der Waals surface area contributed by atoms with E-state index in [0.717, 1.165) is 22.1 Å². The summed E-state index contributed by atoms with van der Waals surface area (Å²) in [6, 6.07) is 4.08. The molecule has 2 aromatic rings. The van der Waals surface area contributed by atoms with Gasteiger partial charge < -0.3 is 15.5 Å². The van der Waals surface area contributed by atoms with Crippen LogP contribution < -0.4 is 11.1 Å². The van der Waals surface area contributed by atoms with E-state index in [1.807, 2.05) is 19.9 Å². The van der Waals surface area contributed by atoms with Crippen LogP contribution in [0.1, 0.15) is 37.5 Å². The van der Waals surface area contributed by atoms with Gasteiger partial charge in [0.15, 0.2) is 0 Å². The molecular weight excluding hydrogens is 276 g/mol. The van der Waals surface area contributed by atoms with Crippen molar-refractivity contribution < 1.29 is 9.21 Å². The summed E-state index contributed by atoms with van der Waals surface area (Å²) in [6.45, 7) is 10.6. The number of hydrogen-bond acceptors (Lipinski definition) is 3. The van der Waals surface area contributed by atoms with Gasteiger partial charge in [-0.15, -0.1) is 0 Å². The molecule has 0 aliphatic rings. The van der Waals surface area contributed by atoms with Crippen molar-refractivity contribution in [1.29, 1.82) is 0 Å². The highest BCUT2D eigenvalue weighted by Crippen LogP contribution is 2.27. The molecular formula is C18H26N2O2. The van der Waals surface area contributed by atoms with E-state index in [2.05, 4.69) is 32.2 Å². The van der Waals surface area contributed by atoms with E-state index >= 15 is 0 Å². The Morgan fingerprint density at radius 2 is 2.05 bits per heavy atom. The Labute approximate surface area is 132 Å². The van der Waals surface area contributed by atoms with Crippen molar-refractivity contribution in [2.45, 2.75) is 46.6 Å². The monoisotopic (exact) mass is 302 g/mol. The van der Waals surface area contributed by atoms with Crippen LogP contribution in [0.2, 0.25) is 0 Å². The molecule has 0 bridgehead atoms. The highest BCUT2D eigenvalue weighted by Gasteiger charge is 2.28. The fourth-order valence-electron chi connectivity index (χ4n) is 2.49. The lowest BCUT2D eigenvalue weighted by Gasteiger charge is -2.33. The van der Waals surface area contributed by atoms with E-state index in [0.29, 0.717) is 13.0 Å². The van der Waals surface area contributed by atoms with Crippen LogP contribution in [0.15, 0.2) is 22.8 Å². The predicted molar refractivity (Wildman–Crippen MR) is 89.8 cm³/mol. The van der Waals surface area contributed by atoms with E-state index in [1.165, 1.54) is 5.56 Å². The smallest absolute Gasteiger partial charge is 0.225 e. The number of aryl methyl sites for hydroxylation is 2. The van der Waals surface area contributed by atoms with E-state index in [9.17, 15) is 4.79 Å². The van der Waals surface area contributed by atoms with Crippen molar-refractivity contribution in [2.24, 2.45) is 11.7 Å². The van der Waals surface area contributed by atoms with Gasteiger partial charge in [0.2, 0.25) is 5.91 Å². The number of fused-ring (bicyclic) bond motifs is 1. The lowest BCUT2D eigenvalue weighted by Crippen LogP contribution is -2.55.